The summed E-state index contributed by atoms with van der Waals surface area (Å²) in [5.41, 5.74) is 2.04. The van der Waals surface area contributed by atoms with Gasteiger partial charge in [0, 0.05) is 0 Å². The second-order valence-corrected chi connectivity index (χ2v) is 5.80. The predicted octanol–water partition coefficient (Wildman–Crippen LogP) is 3.30. The summed E-state index contributed by atoms with van der Waals surface area (Å²) >= 11 is 0. The van der Waals surface area contributed by atoms with E-state index in [4.69, 9.17) is 0 Å². The molecule has 0 saturated carbocycles. The zero-order valence-electron chi connectivity index (χ0n) is 11.7. The van der Waals surface area contributed by atoms with E-state index in [0.717, 1.165) is 11.1 Å². The van der Waals surface area contributed by atoms with Crippen LogP contribution in [-0.2, 0) is 15.0 Å². The molecule has 0 radical (unpaired) electrons. The summed E-state index contributed by atoms with van der Waals surface area (Å²) in [5, 5.41) is 0. The largest absolute Gasteiger partial charge is 0.465 e. The Morgan fingerprint density at radius 2 is 1.41 bits per heavy atom. The van der Waals surface area contributed by atoms with E-state index < -0.39 is 16.2 Å². The monoisotopic (exact) mass is 320 g/mol. The van der Waals surface area contributed by atoms with Crippen LogP contribution in [0.25, 0.3) is 12.2 Å². The van der Waals surface area contributed by atoms with E-state index in [1.807, 2.05) is 0 Å². The number of carbonyl (C=O) groups excluding carboxylic acids is 1. The van der Waals surface area contributed by atoms with E-state index in [9.17, 15) is 17.1 Å². The van der Waals surface area contributed by atoms with E-state index in [1.54, 1.807) is 36.4 Å². The van der Waals surface area contributed by atoms with Gasteiger partial charge in [0.05, 0.1) is 17.6 Å². The van der Waals surface area contributed by atoms with E-state index in [0.29, 0.717) is 5.56 Å². The van der Waals surface area contributed by atoms with E-state index in [2.05, 4.69) is 4.74 Å². The van der Waals surface area contributed by atoms with Crippen molar-refractivity contribution >= 4 is 28.3 Å². The number of methoxy groups -OCH3 is 1. The predicted molar refractivity (Wildman–Crippen MR) is 81.4 cm³/mol. The number of halogens is 1. The van der Waals surface area contributed by atoms with Gasteiger partial charge in [-0.25, -0.2) is 4.79 Å². The Bertz CT molecular complexity index is 791. The van der Waals surface area contributed by atoms with Gasteiger partial charge in [0.1, 0.15) is 0 Å². The molecular weight excluding hydrogens is 307 g/mol. The van der Waals surface area contributed by atoms with Gasteiger partial charge in [0.15, 0.2) is 0 Å². The molecule has 0 fully saturated rings. The molecule has 2 rings (SSSR count). The zero-order chi connectivity index (χ0) is 16.2. The second kappa shape index (κ2) is 6.53. The van der Waals surface area contributed by atoms with Crippen molar-refractivity contribution in [3.8, 4) is 0 Å². The first-order chi connectivity index (χ1) is 10.4. The maximum atomic E-state index is 12.8. The number of esters is 1. The fourth-order valence-corrected chi connectivity index (χ4v) is 2.24. The first-order valence-electron chi connectivity index (χ1n) is 6.31. The third kappa shape index (κ3) is 4.02. The fraction of sp³-hybridized carbons (Fsp3) is 0.0625. The molecule has 22 heavy (non-hydrogen) atoms. The minimum atomic E-state index is -4.67. The summed E-state index contributed by atoms with van der Waals surface area (Å²) in [6.07, 6.45) is 3.54. The van der Waals surface area contributed by atoms with Crippen LogP contribution in [0.2, 0.25) is 0 Å². The van der Waals surface area contributed by atoms with Crippen molar-refractivity contribution in [1.82, 2.24) is 0 Å². The molecule has 2 aromatic rings. The van der Waals surface area contributed by atoms with Crippen LogP contribution in [0.1, 0.15) is 21.5 Å². The summed E-state index contributed by atoms with van der Waals surface area (Å²) in [6, 6.07) is 12.2. The van der Waals surface area contributed by atoms with Crippen molar-refractivity contribution in [2.75, 3.05) is 7.11 Å². The molecular formula is C16H13FO4S. The minimum Gasteiger partial charge on any atom is -0.465 e. The van der Waals surface area contributed by atoms with Gasteiger partial charge in [0.2, 0.25) is 0 Å². The van der Waals surface area contributed by atoms with Crippen LogP contribution in [0.4, 0.5) is 3.89 Å². The van der Waals surface area contributed by atoms with Gasteiger partial charge in [0.25, 0.3) is 0 Å². The van der Waals surface area contributed by atoms with Gasteiger partial charge in [-0.3, -0.25) is 0 Å². The fourth-order valence-electron chi connectivity index (χ4n) is 1.78. The second-order valence-electron chi connectivity index (χ2n) is 4.45. The quantitative estimate of drug-likeness (QED) is 0.493. The molecule has 0 aromatic heterocycles. The van der Waals surface area contributed by atoms with Crippen LogP contribution in [0.15, 0.2) is 53.4 Å². The molecule has 0 aliphatic rings. The van der Waals surface area contributed by atoms with Gasteiger partial charge in [-0.2, -0.15) is 8.42 Å². The Morgan fingerprint density at radius 3 is 1.82 bits per heavy atom. The van der Waals surface area contributed by atoms with E-state index >= 15 is 0 Å². The molecule has 0 heterocycles. The molecule has 6 heteroatoms. The molecule has 4 nitrogen and oxygen atoms in total. The number of carbonyl (C=O) groups is 1. The molecule has 0 atom stereocenters. The first kappa shape index (κ1) is 15.9. The van der Waals surface area contributed by atoms with Crippen molar-refractivity contribution in [2.24, 2.45) is 0 Å². The maximum absolute atomic E-state index is 12.8. The number of ether oxygens (including phenoxy) is 1. The van der Waals surface area contributed by atoms with Crippen LogP contribution in [0.5, 0.6) is 0 Å². The van der Waals surface area contributed by atoms with Gasteiger partial charge < -0.3 is 4.74 Å². The van der Waals surface area contributed by atoms with E-state index in [1.165, 1.54) is 31.4 Å². The Morgan fingerprint density at radius 1 is 0.955 bits per heavy atom. The standard InChI is InChI=1S/C16H13FO4S/c1-21-16(18)14-8-4-12(5-9-14)2-3-13-6-10-15(11-7-13)22(17,19)20/h2-11H,1H3. The molecule has 0 N–H and O–H groups in total. The van der Waals surface area contributed by atoms with Crippen LogP contribution in [0, 0.1) is 0 Å². The van der Waals surface area contributed by atoms with Crippen LogP contribution in [-0.4, -0.2) is 21.5 Å². The molecule has 0 aliphatic heterocycles. The Hall–Kier alpha value is -2.47. The highest BCUT2D eigenvalue weighted by Crippen LogP contribution is 2.15. The Kier molecular flexibility index (Phi) is 4.72. The van der Waals surface area contributed by atoms with Crippen LogP contribution < -0.4 is 0 Å². The van der Waals surface area contributed by atoms with Gasteiger partial charge in [-0.1, -0.05) is 36.4 Å². The minimum absolute atomic E-state index is 0.368. The van der Waals surface area contributed by atoms with Gasteiger partial charge >= 0.3 is 16.2 Å². The summed E-state index contributed by atoms with van der Waals surface area (Å²) in [7, 11) is -3.35. The average molecular weight is 320 g/mol. The average Bonchev–Trinajstić information content (AvgIpc) is 2.52. The zero-order valence-corrected chi connectivity index (χ0v) is 12.5. The molecule has 0 unspecified atom stereocenters. The van der Waals surface area contributed by atoms with Gasteiger partial charge in [-0.15, -0.1) is 3.89 Å². The summed E-state index contributed by atoms with van der Waals surface area (Å²) in [4.78, 5) is 10.9. The van der Waals surface area contributed by atoms with Crippen molar-refractivity contribution in [3.05, 3.63) is 65.2 Å². The molecule has 0 saturated heterocycles. The number of hydrogen-bond donors (Lipinski definition) is 0. The SMILES string of the molecule is COC(=O)c1ccc(C=Cc2ccc(S(=O)(=O)F)cc2)cc1. The third-order valence-corrected chi connectivity index (χ3v) is 3.80. The number of rotatable bonds is 4. The lowest BCUT2D eigenvalue weighted by Gasteiger charge is -2.00. The third-order valence-electron chi connectivity index (χ3n) is 2.96. The lowest BCUT2D eigenvalue weighted by molar-refractivity contribution is 0.0600. The molecule has 0 amide bonds. The highest BCUT2D eigenvalue weighted by molar-refractivity contribution is 7.86. The summed E-state index contributed by atoms with van der Waals surface area (Å²) in [6.45, 7) is 0. The van der Waals surface area contributed by atoms with Crippen LogP contribution >= 0.6 is 0 Å². The van der Waals surface area contributed by atoms with Crippen molar-refractivity contribution in [1.29, 1.82) is 0 Å². The molecule has 0 bridgehead atoms. The summed E-state index contributed by atoms with van der Waals surface area (Å²) in [5.74, 6) is -0.404. The van der Waals surface area contributed by atoms with Crippen molar-refractivity contribution in [2.45, 2.75) is 4.90 Å². The normalized spacial score (nSPS) is 11.5. The maximum Gasteiger partial charge on any atom is 0.337 e. The smallest absolute Gasteiger partial charge is 0.337 e. The summed E-state index contributed by atoms with van der Waals surface area (Å²) < 4.78 is 38.8. The number of hydrogen-bond acceptors (Lipinski definition) is 4. The molecule has 114 valence electrons. The van der Waals surface area contributed by atoms with Crippen molar-refractivity contribution < 1.29 is 21.8 Å². The Balaban J connectivity index is 2.13. The highest BCUT2D eigenvalue weighted by Gasteiger charge is 2.10. The molecule has 0 spiro atoms. The lowest BCUT2D eigenvalue weighted by Crippen LogP contribution is -2.00. The van der Waals surface area contributed by atoms with Crippen molar-refractivity contribution in [3.63, 3.8) is 0 Å². The number of benzene rings is 2. The topological polar surface area (TPSA) is 60.4 Å². The molecule has 0 aliphatic carbocycles. The van der Waals surface area contributed by atoms with Crippen LogP contribution in [0.3, 0.4) is 0 Å². The highest BCUT2D eigenvalue weighted by atomic mass is 32.3. The first-order valence-corrected chi connectivity index (χ1v) is 7.70. The molecule has 2 aromatic carbocycles. The van der Waals surface area contributed by atoms with Gasteiger partial charge in [-0.05, 0) is 35.4 Å². The lowest BCUT2D eigenvalue weighted by atomic mass is 10.1. The Labute approximate surface area is 128 Å². The van der Waals surface area contributed by atoms with E-state index in [-0.39, 0.29) is 4.90 Å².